The molecular weight excluding hydrogens is 339 g/mol. The Kier molecular flexibility index (Phi) is 4.03. The molecule has 7 nitrogen and oxygen atoms in total. The van der Waals surface area contributed by atoms with E-state index in [1.165, 1.54) is 4.52 Å². The van der Waals surface area contributed by atoms with Gasteiger partial charge in [-0.3, -0.25) is 0 Å². The quantitative estimate of drug-likeness (QED) is 0.821. The van der Waals surface area contributed by atoms with Crippen LogP contribution in [0.4, 0.5) is 19.0 Å². The molecule has 2 aliphatic heterocycles. The molecule has 0 spiro atoms. The highest BCUT2D eigenvalue weighted by molar-refractivity contribution is 5.49. The van der Waals surface area contributed by atoms with E-state index in [-0.39, 0.29) is 18.1 Å². The molecule has 10 heteroatoms. The van der Waals surface area contributed by atoms with Gasteiger partial charge in [0.2, 0.25) is 0 Å². The number of anilines is 1. The van der Waals surface area contributed by atoms with Crippen molar-refractivity contribution in [2.45, 2.75) is 44.7 Å². The third-order valence-electron chi connectivity index (χ3n) is 4.48. The van der Waals surface area contributed by atoms with E-state index < -0.39 is 12.0 Å². The summed E-state index contributed by atoms with van der Waals surface area (Å²) in [5.74, 6) is -0.706. The standard InChI is InChI=1S/C15H18F3N5O2/c1-9-8-11(23-14(19-9)20-13(21-23)15(16,17)18)22-5-3-2-4-10(22)12-24-6-7-25-12/h8,10,12H,2-7H2,1H3. The van der Waals surface area contributed by atoms with Gasteiger partial charge < -0.3 is 14.4 Å². The summed E-state index contributed by atoms with van der Waals surface area (Å²) in [4.78, 5) is 9.65. The van der Waals surface area contributed by atoms with Crippen molar-refractivity contribution >= 4 is 11.6 Å². The minimum absolute atomic E-state index is 0.0556. The maximum Gasteiger partial charge on any atom is 0.453 e. The Balaban J connectivity index is 1.79. The summed E-state index contributed by atoms with van der Waals surface area (Å²) in [6, 6.07) is 1.66. The number of fused-ring (bicyclic) bond motifs is 1. The molecule has 136 valence electrons. The molecule has 0 aromatic carbocycles. The minimum atomic E-state index is -4.61. The van der Waals surface area contributed by atoms with Gasteiger partial charge >= 0.3 is 6.18 Å². The van der Waals surface area contributed by atoms with Crippen molar-refractivity contribution in [3.63, 3.8) is 0 Å². The largest absolute Gasteiger partial charge is 0.453 e. The molecule has 2 aliphatic rings. The summed E-state index contributed by atoms with van der Waals surface area (Å²) >= 11 is 0. The monoisotopic (exact) mass is 357 g/mol. The van der Waals surface area contributed by atoms with Crippen molar-refractivity contribution in [2.75, 3.05) is 24.7 Å². The Morgan fingerprint density at radius 1 is 1.16 bits per heavy atom. The average Bonchev–Trinajstić information content (AvgIpc) is 3.23. The Hall–Kier alpha value is -1.94. The van der Waals surface area contributed by atoms with Crippen molar-refractivity contribution in [1.82, 2.24) is 19.6 Å². The predicted octanol–water partition coefficient (Wildman–Crippen LogP) is 2.18. The number of alkyl halides is 3. The fourth-order valence-electron chi connectivity index (χ4n) is 3.42. The number of rotatable bonds is 2. The van der Waals surface area contributed by atoms with E-state index >= 15 is 0 Å². The highest BCUT2D eigenvalue weighted by Gasteiger charge is 2.39. The molecule has 2 fully saturated rings. The van der Waals surface area contributed by atoms with E-state index in [2.05, 4.69) is 15.1 Å². The number of nitrogens with zero attached hydrogens (tertiary/aromatic N) is 5. The minimum Gasteiger partial charge on any atom is -0.348 e. The van der Waals surface area contributed by atoms with Crippen molar-refractivity contribution < 1.29 is 22.6 Å². The van der Waals surface area contributed by atoms with Crippen LogP contribution in [-0.4, -0.2) is 51.7 Å². The zero-order valence-electron chi connectivity index (χ0n) is 13.7. The van der Waals surface area contributed by atoms with Crippen LogP contribution in [0.5, 0.6) is 0 Å². The van der Waals surface area contributed by atoms with Gasteiger partial charge in [-0.15, -0.1) is 5.10 Å². The SMILES string of the molecule is Cc1cc(N2CCCCC2C2OCCO2)n2nc(C(F)(F)F)nc2n1. The predicted molar refractivity (Wildman–Crippen MR) is 81.2 cm³/mol. The van der Waals surface area contributed by atoms with E-state index in [1.54, 1.807) is 13.0 Å². The van der Waals surface area contributed by atoms with Crippen molar-refractivity contribution in [3.8, 4) is 0 Å². The maximum atomic E-state index is 13.0. The van der Waals surface area contributed by atoms with E-state index in [9.17, 15) is 13.2 Å². The molecule has 2 aromatic rings. The lowest BCUT2D eigenvalue weighted by atomic mass is 10.0. The molecular formula is C15H18F3N5O2. The van der Waals surface area contributed by atoms with Crippen LogP contribution in [0.2, 0.25) is 0 Å². The first kappa shape index (κ1) is 16.5. The third-order valence-corrected chi connectivity index (χ3v) is 4.48. The van der Waals surface area contributed by atoms with Crippen molar-refractivity contribution in [2.24, 2.45) is 0 Å². The average molecular weight is 357 g/mol. The van der Waals surface area contributed by atoms with Gasteiger partial charge in [-0.2, -0.15) is 22.7 Å². The van der Waals surface area contributed by atoms with Crippen LogP contribution in [-0.2, 0) is 15.7 Å². The molecule has 2 aromatic heterocycles. The first-order chi connectivity index (χ1) is 11.9. The number of piperidine rings is 1. The van der Waals surface area contributed by atoms with Gasteiger partial charge in [0, 0.05) is 18.3 Å². The molecule has 1 atom stereocenters. The molecule has 0 saturated carbocycles. The molecule has 0 radical (unpaired) electrons. The molecule has 0 bridgehead atoms. The Bertz CT molecular complexity index is 772. The van der Waals surface area contributed by atoms with Gasteiger partial charge in [-0.05, 0) is 26.2 Å². The second-order valence-electron chi connectivity index (χ2n) is 6.27. The molecule has 25 heavy (non-hydrogen) atoms. The molecule has 1 unspecified atom stereocenters. The summed E-state index contributed by atoms with van der Waals surface area (Å²) < 4.78 is 51.5. The van der Waals surface area contributed by atoms with Gasteiger partial charge in [0.1, 0.15) is 5.82 Å². The van der Waals surface area contributed by atoms with E-state index in [4.69, 9.17) is 9.47 Å². The number of hydrogen-bond donors (Lipinski definition) is 0. The third kappa shape index (κ3) is 3.04. The van der Waals surface area contributed by atoms with Crippen molar-refractivity contribution in [3.05, 3.63) is 17.6 Å². The zero-order valence-corrected chi connectivity index (χ0v) is 13.7. The second kappa shape index (κ2) is 6.10. The van der Waals surface area contributed by atoms with Gasteiger partial charge in [0.15, 0.2) is 6.29 Å². The van der Waals surface area contributed by atoms with Crippen LogP contribution in [0.3, 0.4) is 0 Å². The van der Waals surface area contributed by atoms with Crippen LogP contribution in [0.1, 0.15) is 30.8 Å². The molecule has 2 saturated heterocycles. The molecule has 4 rings (SSSR count). The van der Waals surface area contributed by atoms with E-state index in [1.807, 2.05) is 4.90 Å². The van der Waals surface area contributed by atoms with Crippen LogP contribution in [0, 0.1) is 6.92 Å². The molecule has 0 N–H and O–H groups in total. The molecule has 4 heterocycles. The smallest absolute Gasteiger partial charge is 0.348 e. The normalized spacial score (nSPS) is 22.9. The highest BCUT2D eigenvalue weighted by atomic mass is 19.4. The summed E-state index contributed by atoms with van der Waals surface area (Å²) in [6.07, 6.45) is -2.20. The molecule has 0 aliphatic carbocycles. The van der Waals surface area contributed by atoms with E-state index in [0.29, 0.717) is 31.3 Å². The Morgan fingerprint density at radius 3 is 2.64 bits per heavy atom. The lowest BCUT2D eigenvalue weighted by Gasteiger charge is -2.39. The number of halogens is 3. The van der Waals surface area contributed by atoms with Crippen molar-refractivity contribution in [1.29, 1.82) is 0 Å². The van der Waals surface area contributed by atoms with Crippen LogP contribution in [0.15, 0.2) is 6.07 Å². The topological polar surface area (TPSA) is 64.8 Å². The first-order valence-corrected chi connectivity index (χ1v) is 8.25. The number of aryl methyl sites for hydroxylation is 1. The Labute approximate surface area is 141 Å². The van der Waals surface area contributed by atoms with Gasteiger partial charge in [-0.1, -0.05) is 0 Å². The lowest BCUT2D eigenvalue weighted by molar-refractivity contribution is -0.144. The fraction of sp³-hybridized carbons (Fsp3) is 0.667. The highest BCUT2D eigenvalue weighted by Crippen LogP contribution is 2.31. The number of ether oxygens (including phenoxy) is 2. The van der Waals surface area contributed by atoms with Crippen LogP contribution < -0.4 is 4.90 Å². The zero-order chi connectivity index (χ0) is 17.6. The summed E-state index contributed by atoms with van der Waals surface area (Å²) in [6.45, 7) is 3.48. The van der Waals surface area contributed by atoms with Gasteiger partial charge in [-0.25, -0.2) is 4.98 Å². The number of hydrogen-bond acceptors (Lipinski definition) is 6. The summed E-state index contributed by atoms with van der Waals surface area (Å²) in [5.41, 5.74) is 0.584. The summed E-state index contributed by atoms with van der Waals surface area (Å²) in [7, 11) is 0. The first-order valence-electron chi connectivity index (χ1n) is 8.25. The van der Waals surface area contributed by atoms with Gasteiger partial charge in [0.25, 0.3) is 11.6 Å². The Morgan fingerprint density at radius 2 is 1.92 bits per heavy atom. The maximum absolute atomic E-state index is 13.0. The molecule has 0 amide bonds. The van der Waals surface area contributed by atoms with Gasteiger partial charge in [0.05, 0.1) is 19.3 Å². The number of aromatic nitrogens is 4. The van der Waals surface area contributed by atoms with E-state index in [0.717, 1.165) is 19.3 Å². The summed E-state index contributed by atoms with van der Waals surface area (Å²) in [5, 5.41) is 3.66. The second-order valence-corrected chi connectivity index (χ2v) is 6.27. The lowest BCUT2D eigenvalue weighted by Crippen LogP contribution is -2.48. The fourth-order valence-corrected chi connectivity index (χ4v) is 3.42. The van der Waals surface area contributed by atoms with Crippen LogP contribution in [0.25, 0.3) is 5.78 Å². The van der Waals surface area contributed by atoms with Crippen LogP contribution >= 0.6 is 0 Å².